The molecule has 110 valence electrons. The zero-order chi connectivity index (χ0) is 15.1. The molecule has 0 aliphatic rings. The standard InChI is InChI=1S/C16H19N3O2/c1-12-10-17-16(18-11-12)19-14(7-8-15(20)21)9-13-5-3-2-4-6-13/h2-6,10-11,14H,7-9H2,1H3,(H,20,21)(H,17,18,19). The van der Waals surface area contributed by atoms with Gasteiger partial charge < -0.3 is 10.4 Å². The summed E-state index contributed by atoms with van der Waals surface area (Å²) in [6, 6.07) is 9.98. The molecule has 0 bridgehead atoms. The Morgan fingerprint density at radius 2 is 1.90 bits per heavy atom. The van der Waals surface area contributed by atoms with Crippen LogP contribution in [0, 0.1) is 6.92 Å². The summed E-state index contributed by atoms with van der Waals surface area (Å²) in [7, 11) is 0. The lowest BCUT2D eigenvalue weighted by Crippen LogP contribution is -2.24. The van der Waals surface area contributed by atoms with Gasteiger partial charge in [0.2, 0.25) is 5.95 Å². The van der Waals surface area contributed by atoms with E-state index in [1.54, 1.807) is 12.4 Å². The molecule has 0 aliphatic carbocycles. The van der Waals surface area contributed by atoms with Crippen molar-refractivity contribution in [1.82, 2.24) is 9.97 Å². The largest absolute Gasteiger partial charge is 0.481 e. The van der Waals surface area contributed by atoms with Crippen molar-refractivity contribution >= 4 is 11.9 Å². The van der Waals surface area contributed by atoms with Crippen LogP contribution in [0.4, 0.5) is 5.95 Å². The number of carboxylic acids is 1. The quantitative estimate of drug-likeness (QED) is 0.818. The Kier molecular flexibility index (Phi) is 5.26. The molecule has 0 amide bonds. The third-order valence-electron chi connectivity index (χ3n) is 3.15. The van der Waals surface area contributed by atoms with Crippen molar-refractivity contribution in [2.45, 2.75) is 32.2 Å². The lowest BCUT2D eigenvalue weighted by Gasteiger charge is -2.18. The Bertz CT molecular complexity index is 570. The normalized spacial score (nSPS) is 11.9. The summed E-state index contributed by atoms with van der Waals surface area (Å²) < 4.78 is 0. The number of hydrogen-bond acceptors (Lipinski definition) is 4. The van der Waals surface area contributed by atoms with Gasteiger partial charge in [-0.3, -0.25) is 4.79 Å². The van der Waals surface area contributed by atoms with E-state index < -0.39 is 5.97 Å². The number of nitrogens with one attached hydrogen (secondary N) is 1. The van der Waals surface area contributed by atoms with Crippen LogP contribution < -0.4 is 5.32 Å². The SMILES string of the molecule is Cc1cnc(NC(CCC(=O)O)Cc2ccccc2)nc1. The minimum absolute atomic E-state index is 0.00814. The van der Waals surface area contributed by atoms with Gasteiger partial charge in [-0.2, -0.15) is 0 Å². The van der Waals surface area contributed by atoms with Gasteiger partial charge in [-0.1, -0.05) is 30.3 Å². The highest BCUT2D eigenvalue weighted by Crippen LogP contribution is 2.12. The van der Waals surface area contributed by atoms with Crippen molar-refractivity contribution in [3.8, 4) is 0 Å². The van der Waals surface area contributed by atoms with Gasteiger partial charge in [0.1, 0.15) is 0 Å². The molecule has 1 aromatic heterocycles. The van der Waals surface area contributed by atoms with Gasteiger partial charge in [0.25, 0.3) is 0 Å². The van der Waals surface area contributed by atoms with Crippen LogP contribution in [0.25, 0.3) is 0 Å². The fourth-order valence-electron chi connectivity index (χ4n) is 2.07. The first kappa shape index (κ1) is 15.0. The van der Waals surface area contributed by atoms with Crippen LogP contribution >= 0.6 is 0 Å². The van der Waals surface area contributed by atoms with Crippen LogP contribution in [-0.4, -0.2) is 27.1 Å². The van der Waals surface area contributed by atoms with Crippen molar-refractivity contribution in [3.63, 3.8) is 0 Å². The van der Waals surface area contributed by atoms with Crippen LogP contribution in [0.5, 0.6) is 0 Å². The smallest absolute Gasteiger partial charge is 0.303 e. The van der Waals surface area contributed by atoms with Crippen LogP contribution in [0.15, 0.2) is 42.7 Å². The first-order valence-corrected chi connectivity index (χ1v) is 6.94. The van der Waals surface area contributed by atoms with Crippen molar-refractivity contribution in [2.75, 3.05) is 5.32 Å². The molecule has 2 N–H and O–H groups in total. The minimum atomic E-state index is -0.792. The van der Waals surface area contributed by atoms with Gasteiger partial charge in [0, 0.05) is 24.9 Å². The molecular formula is C16H19N3O2. The number of carbonyl (C=O) groups is 1. The van der Waals surface area contributed by atoms with Crippen molar-refractivity contribution in [2.24, 2.45) is 0 Å². The summed E-state index contributed by atoms with van der Waals surface area (Å²) in [5, 5.41) is 12.1. The Hall–Kier alpha value is -2.43. The predicted molar refractivity (Wildman–Crippen MR) is 81.2 cm³/mol. The molecule has 0 saturated carbocycles. The molecule has 0 aliphatic heterocycles. The van der Waals surface area contributed by atoms with E-state index in [1.165, 1.54) is 0 Å². The molecule has 1 atom stereocenters. The van der Waals surface area contributed by atoms with Gasteiger partial charge in [-0.25, -0.2) is 9.97 Å². The molecule has 21 heavy (non-hydrogen) atoms. The van der Waals surface area contributed by atoms with E-state index in [9.17, 15) is 4.79 Å². The summed E-state index contributed by atoms with van der Waals surface area (Å²) >= 11 is 0. The number of aryl methyl sites for hydroxylation is 1. The van der Waals surface area contributed by atoms with Crippen LogP contribution in [0.1, 0.15) is 24.0 Å². The van der Waals surface area contributed by atoms with Gasteiger partial charge in [0.15, 0.2) is 0 Å². The van der Waals surface area contributed by atoms with Gasteiger partial charge >= 0.3 is 5.97 Å². The number of anilines is 1. The highest BCUT2D eigenvalue weighted by atomic mass is 16.4. The van der Waals surface area contributed by atoms with Gasteiger partial charge in [0.05, 0.1) is 0 Å². The number of carboxylic acid groups (broad SMARTS) is 1. The minimum Gasteiger partial charge on any atom is -0.481 e. The number of hydrogen-bond donors (Lipinski definition) is 2. The molecule has 0 saturated heterocycles. The predicted octanol–water partition coefficient (Wildman–Crippen LogP) is 2.67. The maximum absolute atomic E-state index is 10.8. The summed E-state index contributed by atoms with van der Waals surface area (Å²) in [6.07, 6.45) is 4.88. The Morgan fingerprint density at radius 3 is 2.52 bits per heavy atom. The average Bonchev–Trinajstić information content (AvgIpc) is 2.48. The molecule has 1 aromatic carbocycles. The zero-order valence-corrected chi connectivity index (χ0v) is 12.0. The number of aromatic nitrogens is 2. The second kappa shape index (κ2) is 7.38. The summed E-state index contributed by atoms with van der Waals surface area (Å²) in [5.74, 6) is -0.258. The van der Waals surface area contributed by atoms with Crippen LogP contribution in [0.3, 0.4) is 0 Å². The van der Waals surface area contributed by atoms with Crippen LogP contribution in [-0.2, 0) is 11.2 Å². The topological polar surface area (TPSA) is 75.1 Å². The molecule has 1 heterocycles. The van der Waals surface area contributed by atoms with E-state index in [2.05, 4.69) is 15.3 Å². The maximum Gasteiger partial charge on any atom is 0.303 e. The van der Waals surface area contributed by atoms with Crippen molar-refractivity contribution in [1.29, 1.82) is 0 Å². The third kappa shape index (κ3) is 5.22. The van der Waals surface area contributed by atoms with E-state index in [-0.39, 0.29) is 12.5 Å². The lowest BCUT2D eigenvalue weighted by molar-refractivity contribution is -0.137. The van der Waals surface area contributed by atoms with E-state index in [0.29, 0.717) is 12.4 Å². The zero-order valence-electron chi connectivity index (χ0n) is 12.0. The second-order valence-electron chi connectivity index (χ2n) is 5.05. The van der Waals surface area contributed by atoms with E-state index >= 15 is 0 Å². The Balaban J connectivity index is 2.04. The molecule has 5 heteroatoms. The van der Waals surface area contributed by atoms with Crippen molar-refractivity contribution in [3.05, 3.63) is 53.9 Å². The Morgan fingerprint density at radius 1 is 1.24 bits per heavy atom. The fourth-order valence-corrected chi connectivity index (χ4v) is 2.07. The summed E-state index contributed by atoms with van der Waals surface area (Å²) in [6.45, 7) is 1.93. The lowest BCUT2D eigenvalue weighted by atomic mass is 10.0. The maximum atomic E-state index is 10.8. The van der Waals surface area contributed by atoms with E-state index in [0.717, 1.165) is 17.5 Å². The highest BCUT2D eigenvalue weighted by molar-refractivity contribution is 5.66. The number of nitrogens with zero attached hydrogens (tertiary/aromatic N) is 2. The van der Waals surface area contributed by atoms with E-state index in [4.69, 9.17) is 5.11 Å². The van der Waals surface area contributed by atoms with Crippen molar-refractivity contribution < 1.29 is 9.90 Å². The molecule has 2 rings (SSSR count). The van der Waals surface area contributed by atoms with Gasteiger partial charge in [-0.05, 0) is 30.9 Å². The molecule has 0 spiro atoms. The third-order valence-corrected chi connectivity index (χ3v) is 3.15. The van der Waals surface area contributed by atoms with E-state index in [1.807, 2.05) is 37.3 Å². The number of aliphatic carboxylic acids is 1. The highest BCUT2D eigenvalue weighted by Gasteiger charge is 2.13. The average molecular weight is 285 g/mol. The van der Waals surface area contributed by atoms with Gasteiger partial charge in [-0.15, -0.1) is 0 Å². The second-order valence-corrected chi connectivity index (χ2v) is 5.05. The fraction of sp³-hybridized carbons (Fsp3) is 0.312. The molecule has 0 radical (unpaired) electrons. The Labute approximate surface area is 124 Å². The first-order valence-electron chi connectivity index (χ1n) is 6.94. The molecule has 2 aromatic rings. The summed E-state index contributed by atoms with van der Waals surface area (Å²) in [4.78, 5) is 19.2. The molecular weight excluding hydrogens is 266 g/mol. The number of rotatable bonds is 7. The molecule has 1 unspecified atom stereocenters. The first-order chi connectivity index (χ1) is 10.1. The van der Waals surface area contributed by atoms with Crippen LogP contribution in [0.2, 0.25) is 0 Å². The molecule has 5 nitrogen and oxygen atoms in total. The monoisotopic (exact) mass is 285 g/mol. The number of benzene rings is 1. The molecule has 0 fully saturated rings. The summed E-state index contributed by atoms with van der Waals surface area (Å²) in [5.41, 5.74) is 2.15.